The van der Waals surface area contributed by atoms with Crippen molar-refractivity contribution in [2.24, 2.45) is 0 Å². The first-order valence-corrected chi connectivity index (χ1v) is 4.49. The normalized spacial score (nSPS) is 12.5. The molecule has 0 aliphatic heterocycles. The molecule has 0 saturated heterocycles. The van der Waals surface area contributed by atoms with E-state index >= 15 is 0 Å². The van der Waals surface area contributed by atoms with Gasteiger partial charge in [0.05, 0.1) is 5.69 Å². The van der Waals surface area contributed by atoms with Gasteiger partial charge in [0.1, 0.15) is 5.76 Å². The van der Waals surface area contributed by atoms with Gasteiger partial charge in [-0.3, -0.25) is 0 Å². The lowest BCUT2D eigenvalue weighted by Crippen LogP contribution is -2.09. The Balaban J connectivity index is 3.10. The highest BCUT2D eigenvalue weighted by Gasteiger charge is 2.27. The van der Waals surface area contributed by atoms with E-state index in [2.05, 4.69) is 4.98 Å². The summed E-state index contributed by atoms with van der Waals surface area (Å²) in [4.78, 5) is 4.06. The summed E-state index contributed by atoms with van der Waals surface area (Å²) >= 11 is 0. The molecule has 1 rings (SSSR count). The summed E-state index contributed by atoms with van der Waals surface area (Å²) in [7, 11) is 0. The molecule has 0 N–H and O–H groups in total. The number of alkyl halides is 1. The highest BCUT2D eigenvalue weighted by Crippen LogP contribution is 2.28. The first kappa shape index (κ1) is 10.2. The van der Waals surface area contributed by atoms with E-state index in [1.54, 1.807) is 0 Å². The summed E-state index contributed by atoms with van der Waals surface area (Å²) in [5, 5.41) is 0. The molecule has 0 radical (unpaired) electrons. The molecule has 2 nitrogen and oxygen atoms in total. The molecule has 0 atom stereocenters. The number of nitrogens with zero attached hydrogens (tertiary/aromatic N) is 1. The predicted molar refractivity (Wildman–Crippen MR) is 49.5 cm³/mol. The molecule has 1 aromatic heterocycles. The van der Waals surface area contributed by atoms with Crippen LogP contribution in [0.25, 0.3) is 0 Å². The lowest BCUT2D eigenvalue weighted by molar-refractivity contribution is 0.166. The van der Waals surface area contributed by atoms with E-state index in [9.17, 15) is 4.39 Å². The first-order valence-electron chi connectivity index (χ1n) is 4.49. The zero-order valence-corrected chi connectivity index (χ0v) is 8.81. The van der Waals surface area contributed by atoms with Gasteiger partial charge >= 0.3 is 0 Å². The van der Waals surface area contributed by atoms with Crippen LogP contribution in [0.5, 0.6) is 0 Å². The summed E-state index contributed by atoms with van der Waals surface area (Å²) in [5.74, 6) is 1.21. The van der Waals surface area contributed by atoms with Gasteiger partial charge in [-0.15, -0.1) is 0 Å². The standard InChI is InChI=1S/C10H16FNO/c1-6(2)8-7(3)12-9(13-8)10(4,5)11/h6H,1-5H3. The molecule has 0 saturated carbocycles. The fourth-order valence-corrected chi connectivity index (χ4v) is 1.20. The van der Waals surface area contributed by atoms with Crippen LogP contribution in [0.1, 0.15) is 51.0 Å². The minimum absolute atomic E-state index is 0.175. The van der Waals surface area contributed by atoms with E-state index in [1.165, 1.54) is 13.8 Å². The van der Waals surface area contributed by atoms with Gasteiger partial charge < -0.3 is 4.42 Å². The summed E-state index contributed by atoms with van der Waals surface area (Å²) in [5.41, 5.74) is -0.700. The number of rotatable bonds is 2. The van der Waals surface area contributed by atoms with E-state index in [0.29, 0.717) is 0 Å². The maximum atomic E-state index is 13.4. The molecule has 1 aromatic rings. The molecule has 0 fully saturated rings. The maximum absolute atomic E-state index is 13.4. The van der Waals surface area contributed by atoms with Crippen LogP contribution in [0.3, 0.4) is 0 Å². The van der Waals surface area contributed by atoms with Crippen LogP contribution in [0.15, 0.2) is 4.42 Å². The monoisotopic (exact) mass is 185 g/mol. The molecule has 3 heteroatoms. The Kier molecular flexibility index (Phi) is 2.46. The third-order valence-corrected chi connectivity index (χ3v) is 1.87. The SMILES string of the molecule is Cc1nc(C(C)(C)F)oc1C(C)C. The van der Waals surface area contributed by atoms with Crippen LogP contribution in [-0.4, -0.2) is 4.98 Å². The zero-order valence-electron chi connectivity index (χ0n) is 8.81. The molecule has 1 heterocycles. The third-order valence-electron chi connectivity index (χ3n) is 1.87. The topological polar surface area (TPSA) is 26.0 Å². The summed E-state index contributed by atoms with van der Waals surface area (Å²) in [6.07, 6.45) is 0. The van der Waals surface area contributed by atoms with Gasteiger partial charge in [0.25, 0.3) is 0 Å². The van der Waals surface area contributed by atoms with Crippen molar-refractivity contribution in [1.29, 1.82) is 0 Å². The molecule has 0 aliphatic rings. The van der Waals surface area contributed by atoms with Gasteiger partial charge in [0.15, 0.2) is 5.67 Å². The van der Waals surface area contributed by atoms with Crippen molar-refractivity contribution >= 4 is 0 Å². The van der Waals surface area contributed by atoms with Crippen molar-refractivity contribution in [3.05, 3.63) is 17.3 Å². The molecule has 0 aromatic carbocycles. The fourth-order valence-electron chi connectivity index (χ4n) is 1.20. The molecule has 0 amide bonds. The van der Waals surface area contributed by atoms with Crippen LogP contribution < -0.4 is 0 Å². The Bertz CT molecular complexity index is 296. The van der Waals surface area contributed by atoms with E-state index in [-0.39, 0.29) is 11.8 Å². The van der Waals surface area contributed by atoms with Gasteiger partial charge in [0, 0.05) is 5.92 Å². The highest BCUT2D eigenvalue weighted by molar-refractivity contribution is 5.13. The summed E-state index contributed by atoms with van der Waals surface area (Å²) in [6, 6.07) is 0. The second-order valence-electron chi connectivity index (χ2n) is 4.10. The molecular formula is C10H16FNO. The van der Waals surface area contributed by atoms with Gasteiger partial charge in [0.2, 0.25) is 5.89 Å². The van der Waals surface area contributed by atoms with Crippen molar-refractivity contribution in [1.82, 2.24) is 4.98 Å². The number of hydrogen-bond acceptors (Lipinski definition) is 2. The Labute approximate surface area is 78.2 Å². The molecule has 74 valence electrons. The molecule has 0 unspecified atom stereocenters. The van der Waals surface area contributed by atoms with Crippen LogP contribution >= 0.6 is 0 Å². The van der Waals surface area contributed by atoms with Crippen LogP contribution in [0.4, 0.5) is 4.39 Å². The Morgan fingerprint density at radius 3 is 2.15 bits per heavy atom. The average molecular weight is 185 g/mol. The van der Waals surface area contributed by atoms with Gasteiger partial charge in [-0.2, -0.15) is 0 Å². The Morgan fingerprint density at radius 1 is 1.38 bits per heavy atom. The number of oxazole rings is 1. The molecular weight excluding hydrogens is 169 g/mol. The molecule has 0 aliphatic carbocycles. The van der Waals surface area contributed by atoms with Crippen LogP contribution in [0.2, 0.25) is 0 Å². The Hall–Kier alpha value is -0.860. The largest absolute Gasteiger partial charge is 0.442 e. The maximum Gasteiger partial charge on any atom is 0.231 e. The Morgan fingerprint density at radius 2 is 1.92 bits per heavy atom. The van der Waals surface area contributed by atoms with Crippen molar-refractivity contribution in [2.75, 3.05) is 0 Å². The van der Waals surface area contributed by atoms with E-state index in [1.807, 2.05) is 20.8 Å². The lowest BCUT2D eigenvalue weighted by atomic mass is 10.1. The zero-order chi connectivity index (χ0) is 10.2. The van der Waals surface area contributed by atoms with Gasteiger partial charge in [-0.25, -0.2) is 9.37 Å². The van der Waals surface area contributed by atoms with Crippen LogP contribution in [0, 0.1) is 6.92 Å². The summed E-state index contributed by atoms with van der Waals surface area (Å²) in [6.45, 7) is 8.74. The number of aromatic nitrogens is 1. The van der Waals surface area contributed by atoms with E-state index < -0.39 is 5.67 Å². The van der Waals surface area contributed by atoms with Crippen molar-refractivity contribution in [2.45, 2.75) is 46.2 Å². The second kappa shape index (κ2) is 3.13. The van der Waals surface area contributed by atoms with Crippen molar-refractivity contribution < 1.29 is 8.81 Å². The second-order valence-corrected chi connectivity index (χ2v) is 4.10. The van der Waals surface area contributed by atoms with Crippen molar-refractivity contribution in [3.63, 3.8) is 0 Å². The average Bonchev–Trinajstić information content (AvgIpc) is 2.29. The highest BCUT2D eigenvalue weighted by atomic mass is 19.1. The minimum Gasteiger partial charge on any atom is -0.442 e. The number of hydrogen-bond donors (Lipinski definition) is 0. The minimum atomic E-state index is -1.49. The molecule has 13 heavy (non-hydrogen) atoms. The third kappa shape index (κ3) is 2.08. The van der Waals surface area contributed by atoms with Gasteiger partial charge in [-0.05, 0) is 20.8 Å². The quantitative estimate of drug-likeness (QED) is 0.706. The van der Waals surface area contributed by atoms with Crippen LogP contribution in [-0.2, 0) is 5.67 Å². The first-order chi connectivity index (χ1) is 5.82. The summed E-state index contributed by atoms with van der Waals surface area (Å²) < 4.78 is 18.8. The smallest absolute Gasteiger partial charge is 0.231 e. The predicted octanol–water partition coefficient (Wildman–Crippen LogP) is 3.31. The van der Waals surface area contributed by atoms with E-state index in [4.69, 9.17) is 4.42 Å². The number of aryl methyl sites for hydroxylation is 1. The molecule has 0 bridgehead atoms. The fraction of sp³-hybridized carbons (Fsp3) is 0.700. The molecule has 0 spiro atoms. The van der Waals surface area contributed by atoms with E-state index in [0.717, 1.165) is 11.5 Å². The number of halogens is 1. The lowest BCUT2D eigenvalue weighted by Gasteiger charge is -2.07. The van der Waals surface area contributed by atoms with Crippen molar-refractivity contribution in [3.8, 4) is 0 Å². The van der Waals surface area contributed by atoms with Gasteiger partial charge in [-0.1, -0.05) is 13.8 Å².